The summed E-state index contributed by atoms with van der Waals surface area (Å²) >= 11 is 0. The molecule has 1 aromatic carbocycles. The predicted molar refractivity (Wildman–Crippen MR) is 103 cm³/mol. The van der Waals surface area contributed by atoms with Gasteiger partial charge in [0.05, 0.1) is 24.9 Å². The number of nitrogens with one attached hydrogen (secondary N) is 2. The van der Waals surface area contributed by atoms with E-state index < -0.39 is 0 Å². The summed E-state index contributed by atoms with van der Waals surface area (Å²) in [5, 5.41) is 12.3. The van der Waals surface area contributed by atoms with Crippen LogP contribution < -0.4 is 15.4 Å². The fourth-order valence-electron chi connectivity index (χ4n) is 3.58. The number of hydrogen-bond acceptors (Lipinski definition) is 5. The van der Waals surface area contributed by atoms with Crippen molar-refractivity contribution in [2.24, 2.45) is 0 Å². The van der Waals surface area contributed by atoms with E-state index >= 15 is 0 Å². The summed E-state index contributed by atoms with van der Waals surface area (Å²) < 4.78 is 7.15. The molecule has 0 radical (unpaired) electrons. The van der Waals surface area contributed by atoms with E-state index in [-0.39, 0.29) is 5.91 Å². The Labute approximate surface area is 157 Å². The van der Waals surface area contributed by atoms with E-state index in [0.717, 1.165) is 36.2 Å². The normalized spacial score (nSPS) is 16.6. The highest BCUT2D eigenvalue weighted by atomic mass is 16.5. The van der Waals surface area contributed by atoms with E-state index in [1.165, 1.54) is 0 Å². The first-order valence-electron chi connectivity index (χ1n) is 9.21. The van der Waals surface area contributed by atoms with Crippen LogP contribution in [-0.4, -0.2) is 47.4 Å². The lowest BCUT2D eigenvalue weighted by Crippen LogP contribution is -2.28. The van der Waals surface area contributed by atoms with Crippen LogP contribution in [0, 0.1) is 0 Å². The average Bonchev–Trinajstić information content (AvgIpc) is 3.36. The Balaban J connectivity index is 1.48. The second kappa shape index (κ2) is 7.75. The van der Waals surface area contributed by atoms with Gasteiger partial charge in [-0.2, -0.15) is 5.10 Å². The number of hydrogen-bond donors (Lipinski definition) is 2. The van der Waals surface area contributed by atoms with Crippen LogP contribution in [-0.2, 0) is 6.54 Å². The number of amides is 1. The molecule has 1 aliphatic rings. The number of carbonyl (C=O) groups excluding carboxylic acids is 1. The fourth-order valence-corrected chi connectivity index (χ4v) is 3.58. The second-order valence-corrected chi connectivity index (χ2v) is 6.63. The smallest absolute Gasteiger partial charge is 0.255 e. The van der Waals surface area contributed by atoms with Gasteiger partial charge in [-0.1, -0.05) is 12.1 Å². The van der Waals surface area contributed by atoms with Crippen LogP contribution in [0.1, 0.15) is 28.4 Å². The molecular formula is C20H23N5O2. The van der Waals surface area contributed by atoms with Crippen LogP contribution in [0.3, 0.4) is 0 Å². The third-order valence-corrected chi connectivity index (χ3v) is 4.94. The van der Waals surface area contributed by atoms with Gasteiger partial charge in [-0.3, -0.25) is 4.79 Å². The zero-order valence-corrected chi connectivity index (χ0v) is 15.3. The summed E-state index contributed by atoms with van der Waals surface area (Å²) in [6, 6.07) is 11.2. The standard InChI is InChI=1S/C20H23N5O2/c1-27-17-7-3-2-5-15(17)20(26)23-11-12-25-19-16(6-4-9-22-19)18(24-25)14-8-10-21-13-14/h2-7,9,14,21H,8,10-13H2,1H3,(H,23,26). The van der Waals surface area contributed by atoms with Crippen molar-refractivity contribution >= 4 is 16.9 Å². The van der Waals surface area contributed by atoms with Crippen molar-refractivity contribution in [3.63, 3.8) is 0 Å². The van der Waals surface area contributed by atoms with Gasteiger partial charge in [0.25, 0.3) is 5.91 Å². The molecule has 0 saturated carbocycles. The first-order valence-corrected chi connectivity index (χ1v) is 9.21. The molecular weight excluding hydrogens is 342 g/mol. The Morgan fingerprint density at radius 2 is 2.22 bits per heavy atom. The maximum atomic E-state index is 12.4. The average molecular weight is 365 g/mol. The molecule has 2 aromatic heterocycles. The Morgan fingerprint density at radius 3 is 3.04 bits per heavy atom. The van der Waals surface area contributed by atoms with Gasteiger partial charge < -0.3 is 15.4 Å². The first-order chi connectivity index (χ1) is 13.3. The van der Waals surface area contributed by atoms with Gasteiger partial charge in [0.2, 0.25) is 0 Å². The van der Waals surface area contributed by atoms with Gasteiger partial charge in [0, 0.05) is 30.6 Å². The van der Waals surface area contributed by atoms with E-state index in [2.05, 4.69) is 21.7 Å². The molecule has 1 unspecified atom stereocenters. The van der Waals surface area contributed by atoms with Crippen molar-refractivity contribution in [1.82, 2.24) is 25.4 Å². The quantitative estimate of drug-likeness (QED) is 0.698. The van der Waals surface area contributed by atoms with Crippen LogP contribution in [0.25, 0.3) is 11.0 Å². The van der Waals surface area contributed by atoms with Crippen molar-refractivity contribution in [2.75, 3.05) is 26.7 Å². The molecule has 1 amide bonds. The van der Waals surface area contributed by atoms with Gasteiger partial charge in [-0.15, -0.1) is 0 Å². The minimum Gasteiger partial charge on any atom is -0.496 e. The number of aromatic nitrogens is 3. The summed E-state index contributed by atoms with van der Waals surface area (Å²) in [5.74, 6) is 0.829. The Kier molecular flexibility index (Phi) is 5.02. The number of carbonyl (C=O) groups is 1. The monoisotopic (exact) mass is 365 g/mol. The van der Waals surface area contributed by atoms with Gasteiger partial charge in [0.15, 0.2) is 5.65 Å². The predicted octanol–water partition coefficient (Wildman–Crippen LogP) is 1.95. The molecule has 3 heterocycles. The number of ether oxygens (including phenoxy) is 1. The maximum Gasteiger partial charge on any atom is 0.255 e. The molecule has 7 nitrogen and oxygen atoms in total. The van der Waals surface area contributed by atoms with Crippen molar-refractivity contribution in [1.29, 1.82) is 0 Å². The maximum absolute atomic E-state index is 12.4. The molecule has 27 heavy (non-hydrogen) atoms. The number of benzene rings is 1. The fraction of sp³-hybridized carbons (Fsp3) is 0.350. The van der Waals surface area contributed by atoms with E-state index in [1.54, 1.807) is 25.4 Å². The Hall–Kier alpha value is -2.93. The molecule has 4 rings (SSSR count). The minimum atomic E-state index is -0.155. The number of fused-ring (bicyclic) bond motifs is 1. The van der Waals surface area contributed by atoms with Gasteiger partial charge in [-0.05, 0) is 37.2 Å². The third kappa shape index (κ3) is 3.50. The lowest BCUT2D eigenvalue weighted by molar-refractivity contribution is 0.0949. The Bertz CT molecular complexity index is 946. The van der Waals surface area contributed by atoms with Crippen molar-refractivity contribution in [3.05, 3.63) is 53.9 Å². The first kappa shape index (κ1) is 17.5. The minimum absolute atomic E-state index is 0.155. The largest absolute Gasteiger partial charge is 0.496 e. The molecule has 0 bridgehead atoms. The molecule has 1 saturated heterocycles. The molecule has 1 aliphatic heterocycles. The molecule has 3 aromatic rings. The van der Waals surface area contributed by atoms with Crippen LogP contribution >= 0.6 is 0 Å². The van der Waals surface area contributed by atoms with E-state index in [9.17, 15) is 4.79 Å². The summed E-state index contributed by atoms with van der Waals surface area (Å²) in [5.41, 5.74) is 2.49. The van der Waals surface area contributed by atoms with Gasteiger partial charge >= 0.3 is 0 Å². The second-order valence-electron chi connectivity index (χ2n) is 6.63. The molecule has 1 atom stereocenters. The third-order valence-electron chi connectivity index (χ3n) is 4.94. The highest BCUT2D eigenvalue weighted by Crippen LogP contribution is 2.27. The number of nitrogens with zero attached hydrogens (tertiary/aromatic N) is 3. The molecule has 140 valence electrons. The van der Waals surface area contributed by atoms with Crippen LogP contribution in [0.15, 0.2) is 42.6 Å². The number of methoxy groups -OCH3 is 1. The van der Waals surface area contributed by atoms with Gasteiger partial charge in [0.1, 0.15) is 5.75 Å². The summed E-state index contributed by atoms with van der Waals surface area (Å²) in [6.45, 7) is 3.00. The van der Waals surface area contributed by atoms with Crippen molar-refractivity contribution in [2.45, 2.75) is 18.9 Å². The SMILES string of the molecule is COc1ccccc1C(=O)NCCn1nc(C2CCNC2)c2cccnc21. The molecule has 2 N–H and O–H groups in total. The topological polar surface area (TPSA) is 81.1 Å². The van der Waals surface area contributed by atoms with Crippen molar-refractivity contribution < 1.29 is 9.53 Å². The van der Waals surface area contributed by atoms with E-state index in [1.807, 2.05) is 22.9 Å². The lowest BCUT2D eigenvalue weighted by Gasteiger charge is -2.09. The highest BCUT2D eigenvalue weighted by molar-refractivity contribution is 5.96. The zero-order chi connectivity index (χ0) is 18.6. The molecule has 1 fully saturated rings. The van der Waals surface area contributed by atoms with Crippen LogP contribution in [0.4, 0.5) is 0 Å². The van der Waals surface area contributed by atoms with Gasteiger partial charge in [-0.25, -0.2) is 9.67 Å². The van der Waals surface area contributed by atoms with Crippen LogP contribution in [0.5, 0.6) is 5.75 Å². The van der Waals surface area contributed by atoms with Crippen molar-refractivity contribution in [3.8, 4) is 5.75 Å². The lowest BCUT2D eigenvalue weighted by atomic mass is 10.0. The van der Waals surface area contributed by atoms with E-state index in [0.29, 0.717) is 30.3 Å². The molecule has 7 heteroatoms. The zero-order valence-electron chi connectivity index (χ0n) is 15.3. The molecule has 0 aliphatic carbocycles. The van der Waals surface area contributed by atoms with E-state index in [4.69, 9.17) is 9.84 Å². The van der Waals surface area contributed by atoms with Crippen LogP contribution in [0.2, 0.25) is 0 Å². The summed E-state index contributed by atoms with van der Waals surface area (Å²) in [4.78, 5) is 17.0. The highest BCUT2D eigenvalue weighted by Gasteiger charge is 2.23. The number of para-hydroxylation sites is 1. The summed E-state index contributed by atoms with van der Waals surface area (Å²) in [7, 11) is 1.56. The summed E-state index contributed by atoms with van der Waals surface area (Å²) in [6.07, 6.45) is 2.87. The number of rotatable bonds is 6. The Morgan fingerprint density at radius 1 is 1.33 bits per heavy atom. The molecule has 0 spiro atoms. The number of pyridine rings is 1.